The summed E-state index contributed by atoms with van der Waals surface area (Å²) in [5.41, 5.74) is 5.89. The van der Waals surface area contributed by atoms with Gasteiger partial charge in [0.1, 0.15) is 29.9 Å². The molecule has 0 spiro atoms. The number of nitrogens with two attached hydrogens (primary N) is 1. The monoisotopic (exact) mass is 615 g/mol. The first-order valence-corrected chi connectivity index (χ1v) is 12.5. The fourth-order valence-electron chi connectivity index (χ4n) is 3.31. The van der Waals surface area contributed by atoms with E-state index < -0.39 is 29.2 Å². The zero-order valence-electron chi connectivity index (χ0n) is 18.4. The molecule has 18 heteroatoms. The summed E-state index contributed by atoms with van der Waals surface area (Å²) in [5.74, 6) is -2.08. The molecule has 2 atom stereocenters. The van der Waals surface area contributed by atoms with E-state index in [0.29, 0.717) is 5.57 Å². The summed E-state index contributed by atoms with van der Waals surface area (Å²) in [4.78, 5) is 59.6. The van der Waals surface area contributed by atoms with E-state index in [9.17, 15) is 24.3 Å². The van der Waals surface area contributed by atoms with Gasteiger partial charge in [-0.3, -0.25) is 19.3 Å². The molecule has 37 heavy (non-hydrogen) atoms. The molecule has 2 aliphatic rings. The fourth-order valence-corrected chi connectivity index (χ4v) is 6.14. The van der Waals surface area contributed by atoms with Crippen LogP contribution < -0.4 is 11.1 Å². The predicted molar refractivity (Wildman–Crippen MR) is 153 cm³/mol. The number of thioether (sulfide) groups is 2. The quantitative estimate of drug-likeness (QED) is 0.164. The Balaban J connectivity index is 0.00000228. The molecule has 0 radical (unpaired) electrons. The predicted octanol–water partition coefficient (Wildman–Crippen LogP) is 0.558. The number of aliphatic carboxylic acids is 1. The number of nitrogens with one attached hydrogen (secondary N) is 1. The number of nitrogen functional groups attached to an aromatic ring is 1. The van der Waals surface area contributed by atoms with Crippen molar-refractivity contribution in [3.8, 4) is 0 Å². The number of rotatable bonds is 8. The molecule has 1 saturated heterocycles. The van der Waals surface area contributed by atoms with Crippen LogP contribution >= 0.6 is 61.9 Å². The van der Waals surface area contributed by atoms with Gasteiger partial charge >= 0.3 is 35.5 Å². The molecule has 2 aliphatic heterocycles. The SMILES string of the molecule is CO/N=C(\C(=O)N[C@@H]1C(=O)N2C(C(=O)O)=C(CSC(=O)c3ccco3)CS[C@H]12)c1csc(N)n1.S.S.[NaH]. The Morgan fingerprint density at radius 2 is 2.14 bits per heavy atom. The molecule has 2 amide bonds. The summed E-state index contributed by atoms with van der Waals surface area (Å²) in [6.07, 6.45) is 1.37. The number of carboxylic acids is 1. The van der Waals surface area contributed by atoms with Crippen molar-refractivity contribution < 1.29 is 33.5 Å². The van der Waals surface area contributed by atoms with E-state index in [2.05, 4.69) is 15.5 Å². The standard InChI is InChI=1S/C19H17N5O7S3.Na.2H2S.H/c1-30-23-11(9-7-34-19(20)21-9)14(25)22-12-15(26)24-13(17(27)28)8(5-32-16(12)24)6-33-18(29)10-3-2-4-31-10;;;;/h2-4,7,12,16H,5-6H2,1H3,(H2,20,21)(H,22,25)(H,27,28);;2*1H2;/b23-11-;;;;/t12-,16-;;;;/m1..../s1. The number of carboxylic acid groups (broad SMARTS) is 1. The maximum absolute atomic E-state index is 12.8. The molecular weight excluding hydrogens is 594 g/mol. The molecule has 12 nitrogen and oxygen atoms in total. The van der Waals surface area contributed by atoms with Gasteiger partial charge in [-0.15, -0.1) is 23.1 Å². The van der Waals surface area contributed by atoms with Crippen LogP contribution in [-0.2, 0) is 19.2 Å². The summed E-state index contributed by atoms with van der Waals surface area (Å²) in [6, 6.07) is 2.13. The van der Waals surface area contributed by atoms with E-state index in [0.717, 1.165) is 28.0 Å². The Morgan fingerprint density at radius 1 is 1.41 bits per heavy atom. The Kier molecular flexibility index (Phi) is 13.1. The van der Waals surface area contributed by atoms with Gasteiger partial charge in [-0.25, -0.2) is 9.78 Å². The number of aromatic nitrogens is 1. The molecule has 4 N–H and O–H groups in total. The van der Waals surface area contributed by atoms with Gasteiger partial charge in [-0.1, -0.05) is 16.9 Å². The maximum atomic E-state index is 12.8. The normalized spacial score (nSPS) is 18.4. The number of furan rings is 1. The van der Waals surface area contributed by atoms with Gasteiger partial charge in [0.05, 0.1) is 6.26 Å². The van der Waals surface area contributed by atoms with Crippen LogP contribution in [0.2, 0.25) is 0 Å². The third-order valence-corrected chi connectivity index (χ3v) is 7.77. The topological polar surface area (TPSA) is 177 Å². The number of β-lactam (4-membered cyclic amide) rings is 1. The first-order valence-electron chi connectivity index (χ1n) is 9.55. The molecule has 2 aromatic heterocycles. The third kappa shape index (κ3) is 7.08. The number of fused-ring (bicyclic) bond motifs is 1. The van der Waals surface area contributed by atoms with Crippen LogP contribution in [0.25, 0.3) is 0 Å². The van der Waals surface area contributed by atoms with Crippen LogP contribution in [0.3, 0.4) is 0 Å². The van der Waals surface area contributed by atoms with E-state index in [1.165, 1.54) is 36.6 Å². The van der Waals surface area contributed by atoms with Gasteiger partial charge in [0.2, 0.25) is 0 Å². The van der Waals surface area contributed by atoms with Gasteiger partial charge in [0, 0.05) is 16.9 Å². The van der Waals surface area contributed by atoms with E-state index in [1.54, 1.807) is 6.07 Å². The Labute approximate surface area is 259 Å². The van der Waals surface area contributed by atoms with Crippen molar-refractivity contribution in [3.63, 3.8) is 0 Å². The second kappa shape index (κ2) is 14.5. The molecule has 1 fully saturated rings. The summed E-state index contributed by atoms with van der Waals surface area (Å²) in [7, 11) is 1.26. The Hall–Kier alpha value is -1.60. The van der Waals surface area contributed by atoms with Gasteiger partial charge in [-0.05, 0) is 17.7 Å². The van der Waals surface area contributed by atoms with Gasteiger partial charge in [0.15, 0.2) is 16.6 Å². The number of oxime groups is 1. The molecule has 0 bridgehead atoms. The first-order chi connectivity index (χ1) is 16.3. The van der Waals surface area contributed by atoms with Crippen molar-refractivity contribution in [3.05, 3.63) is 46.5 Å². The number of hydrogen-bond donors (Lipinski definition) is 3. The van der Waals surface area contributed by atoms with Crippen molar-refractivity contribution >= 4 is 125 Å². The first kappa shape index (κ1) is 33.4. The average molecular weight is 616 g/mol. The minimum atomic E-state index is -1.29. The van der Waals surface area contributed by atoms with E-state index >= 15 is 0 Å². The average Bonchev–Trinajstić information content (AvgIpc) is 3.50. The number of carbonyl (C=O) groups is 4. The molecule has 0 saturated carbocycles. The van der Waals surface area contributed by atoms with Crippen molar-refractivity contribution in [1.82, 2.24) is 15.2 Å². The number of nitrogens with zero attached hydrogens (tertiary/aromatic N) is 3. The zero-order chi connectivity index (χ0) is 24.4. The number of thiazole rings is 1. The van der Waals surface area contributed by atoms with Gasteiger partial charge in [0.25, 0.3) is 16.9 Å². The summed E-state index contributed by atoms with van der Waals surface area (Å²) >= 11 is 3.29. The molecule has 196 valence electrons. The van der Waals surface area contributed by atoms with Gasteiger partial charge in [-0.2, -0.15) is 27.0 Å². The van der Waals surface area contributed by atoms with Crippen LogP contribution in [0.1, 0.15) is 16.2 Å². The molecule has 4 heterocycles. The van der Waals surface area contributed by atoms with E-state index in [1.807, 2.05) is 0 Å². The number of amides is 2. The number of hydrogen-bond acceptors (Lipinski definition) is 12. The Morgan fingerprint density at radius 3 is 2.70 bits per heavy atom. The van der Waals surface area contributed by atoms with E-state index in [4.69, 9.17) is 15.0 Å². The van der Waals surface area contributed by atoms with Crippen molar-refractivity contribution in [1.29, 1.82) is 0 Å². The summed E-state index contributed by atoms with van der Waals surface area (Å²) in [5, 5.41) is 16.8. The number of carbonyl (C=O) groups excluding carboxylic acids is 3. The van der Waals surface area contributed by atoms with Gasteiger partial charge < -0.3 is 25.4 Å². The summed E-state index contributed by atoms with van der Waals surface area (Å²) in [6.45, 7) is 0. The van der Waals surface area contributed by atoms with Crippen LogP contribution in [0.15, 0.2) is 44.6 Å². The van der Waals surface area contributed by atoms with Crippen LogP contribution in [0.4, 0.5) is 5.13 Å². The molecule has 2 aromatic rings. The second-order valence-corrected chi connectivity index (χ2v) is 9.81. The molecule has 0 aromatic carbocycles. The Bertz CT molecular complexity index is 1220. The minimum absolute atomic E-state index is 0. The van der Waals surface area contributed by atoms with E-state index in [-0.39, 0.29) is 101 Å². The number of anilines is 1. The van der Waals surface area contributed by atoms with Crippen molar-refractivity contribution in [2.24, 2.45) is 5.16 Å². The van der Waals surface area contributed by atoms with Crippen molar-refractivity contribution in [2.75, 3.05) is 24.3 Å². The fraction of sp³-hybridized carbons (Fsp3) is 0.263. The van der Waals surface area contributed by atoms with Crippen LogP contribution in [0, 0.1) is 0 Å². The zero-order valence-corrected chi connectivity index (χ0v) is 22.9. The molecular formula is C19H22N5NaO7S5. The van der Waals surface area contributed by atoms with Crippen molar-refractivity contribution in [2.45, 2.75) is 11.4 Å². The molecule has 4 rings (SSSR count). The van der Waals surface area contributed by atoms with Crippen LogP contribution in [-0.4, -0.2) is 103 Å². The second-order valence-electron chi connectivity index (χ2n) is 6.87. The van der Waals surface area contributed by atoms with Crippen LogP contribution in [0.5, 0.6) is 0 Å². The molecule has 0 aliphatic carbocycles. The summed E-state index contributed by atoms with van der Waals surface area (Å²) < 4.78 is 5.05. The molecule has 0 unspecified atom stereocenters. The third-order valence-electron chi connectivity index (χ3n) is 4.80.